The number of benzene rings is 1. The van der Waals surface area contributed by atoms with E-state index < -0.39 is 11.7 Å². The minimum absolute atomic E-state index is 0.116. The zero-order valence-corrected chi connectivity index (χ0v) is 19.4. The van der Waals surface area contributed by atoms with Gasteiger partial charge in [0.2, 0.25) is 5.91 Å². The lowest BCUT2D eigenvalue weighted by atomic mass is 9.98. The van der Waals surface area contributed by atoms with Gasteiger partial charge in [0.25, 0.3) is 0 Å². The van der Waals surface area contributed by atoms with Gasteiger partial charge in [0.15, 0.2) is 0 Å². The molecule has 1 amide bonds. The fraction of sp³-hybridized carbons (Fsp3) is 0.360. The second kappa shape index (κ2) is 9.38. The maximum absolute atomic E-state index is 12.9. The molecule has 2 aliphatic heterocycles. The first-order valence-corrected chi connectivity index (χ1v) is 12.2. The molecule has 0 N–H and O–H groups in total. The van der Waals surface area contributed by atoms with Crippen LogP contribution in [0.1, 0.15) is 17.5 Å². The molecule has 2 aliphatic rings. The van der Waals surface area contributed by atoms with Crippen LogP contribution in [0.15, 0.2) is 54.1 Å². The van der Waals surface area contributed by atoms with Gasteiger partial charge in [-0.2, -0.15) is 13.2 Å². The summed E-state index contributed by atoms with van der Waals surface area (Å²) in [5.41, 5.74) is 1.83. The van der Waals surface area contributed by atoms with E-state index in [9.17, 15) is 18.0 Å². The molecule has 0 bridgehead atoms. The number of hydrogen-bond donors (Lipinski definition) is 0. The Labute approximate surface area is 200 Å². The van der Waals surface area contributed by atoms with Gasteiger partial charge in [-0.3, -0.25) is 9.69 Å². The Hall–Kier alpha value is -2.91. The standard InChI is InChI=1S/C25H25F3N4OS/c26-25(27,28)20-4-5-22(29-16-20)31-13-11-30(12-14-31)17-23(33)32-9-6-18(7-10-32)21-3-1-2-19-8-15-34-24(19)21/h1-6,8,15-16H,7,9-14,17H2. The van der Waals surface area contributed by atoms with Crippen LogP contribution in [-0.2, 0) is 11.0 Å². The van der Waals surface area contributed by atoms with Crippen LogP contribution >= 0.6 is 11.3 Å². The summed E-state index contributed by atoms with van der Waals surface area (Å²) in [6.45, 7) is 4.28. The molecule has 178 valence electrons. The Morgan fingerprint density at radius 2 is 1.85 bits per heavy atom. The molecule has 0 spiro atoms. The number of amides is 1. The van der Waals surface area contributed by atoms with E-state index in [0.717, 1.165) is 18.7 Å². The van der Waals surface area contributed by atoms with Crippen molar-refractivity contribution in [3.05, 3.63) is 65.2 Å². The van der Waals surface area contributed by atoms with E-state index in [4.69, 9.17) is 0 Å². The summed E-state index contributed by atoms with van der Waals surface area (Å²) in [5.74, 6) is 0.652. The average molecular weight is 487 g/mol. The molecule has 3 aromatic rings. The maximum Gasteiger partial charge on any atom is 0.417 e. The molecule has 0 unspecified atom stereocenters. The number of aromatic nitrogens is 1. The molecule has 0 saturated carbocycles. The highest BCUT2D eigenvalue weighted by Gasteiger charge is 2.31. The van der Waals surface area contributed by atoms with E-state index in [-0.39, 0.29) is 5.91 Å². The first-order valence-electron chi connectivity index (χ1n) is 11.3. The largest absolute Gasteiger partial charge is 0.417 e. The van der Waals surface area contributed by atoms with Crippen LogP contribution in [0.2, 0.25) is 0 Å². The van der Waals surface area contributed by atoms with Crippen LogP contribution in [-0.4, -0.2) is 66.5 Å². The number of carbonyl (C=O) groups is 1. The molecule has 1 aromatic carbocycles. The third kappa shape index (κ3) is 4.81. The smallest absolute Gasteiger partial charge is 0.354 e. The Morgan fingerprint density at radius 1 is 1.03 bits per heavy atom. The number of piperazine rings is 1. The first-order chi connectivity index (χ1) is 16.4. The second-order valence-electron chi connectivity index (χ2n) is 8.63. The molecule has 5 nitrogen and oxygen atoms in total. The van der Waals surface area contributed by atoms with Gasteiger partial charge in [-0.1, -0.05) is 24.3 Å². The lowest BCUT2D eigenvalue weighted by Gasteiger charge is -2.36. The van der Waals surface area contributed by atoms with Crippen LogP contribution in [0, 0.1) is 0 Å². The van der Waals surface area contributed by atoms with Crippen molar-refractivity contribution in [3.63, 3.8) is 0 Å². The molecule has 9 heteroatoms. The summed E-state index contributed by atoms with van der Waals surface area (Å²) in [6, 6.07) is 11.0. The van der Waals surface area contributed by atoms with Crippen molar-refractivity contribution in [2.45, 2.75) is 12.6 Å². The van der Waals surface area contributed by atoms with Crippen molar-refractivity contribution in [1.82, 2.24) is 14.8 Å². The van der Waals surface area contributed by atoms with Crippen LogP contribution in [0.3, 0.4) is 0 Å². The Kier molecular flexibility index (Phi) is 6.31. The van der Waals surface area contributed by atoms with E-state index >= 15 is 0 Å². The van der Waals surface area contributed by atoms with Crippen LogP contribution in [0.4, 0.5) is 19.0 Å². The van der Waals surface area contributed by atoms with E-state index in [1.165, 1.54) is 27.3 Å². The highest BCUT2D eigenvalue weighted by atomic mass is 32.1. The summed E-state index contributed by atoms with van der Waals surface area (Å²) in [4.78, 5) is 22.8. The monoisotopic (exact) mass is 486 g/mol. The number of halogens is 3. The zero-order valence-electron chi connectivity index (χ0n) is 18.6. The van der Waals surface area contributed by atoms with Gasteiger partial charge < -0.3 is 9.80 Å². The highest BCUT2D eigenvalue weighted by Crippen LogP contribution is 2.33. The SMILES string of the molecule is O=C(CN1CCN(c2ccc(C(F)(F)F)cn2)CC1)N1CC=C(c2cccc3ccsc23)CC1. The van der Waals surface area contributed by atoms with Crippen LogP contribution < -0.4 is 4.90 Å². The Bertz CT molecular complexity index is 1200. The molecule has 34 heavy (non-hydrogen) atoms. The van der Waals surface area contributed by atoms with Crippen molar-refractivity contribution in [2.75, 3.05) is 50.7 Å². The number of thiophene rings is 1. The van der Waals surface area contributed by atoms with Gasteiger partial charge >= 0.3 is 6.18 Å². The third-order valence-corrected chi connectivity index (χ3v) is 7.48. The number of nitrogens with zero attached hydrogens (tertiary/aromatic N) is 4. The fourth-order valence-electron chi connectivity index (χ4n) is 4.55. The van der Waals surface area contributed by atoms with E-state index in [2.05, 4.69) is 45.6 Å². The van der Waals surface area contributed by atoms with Gasteiger partial charge in [0, 0.05) is 50.2 Å². The summed E-state index contributed by atoms with van der Waals surface area (Å²) in [6.07, 6.45) is -0.491. The fourth-order valence-corrected chi connectivity index (χ4v) is 5.50. The van der Waals surface area contributed by atoms with Crippen molar-refractivity contribution < 1.29 is 18.0 Å². The number of fused-ring (bicyclic) bond motifs is 1. The van der Waals surface area contributed by atoms with Crippen molar-refractivity contribution in [3.8, 4) is 0 Å². The lowest BCUT2D eigenvalue weighted by Crippen LogP contribution is -2.50. The number of carbonyl (C=O) groups excluding carboxylic acids is 1. The predicted octanol–water partition coefficient (Wildman–Crippen LogP) is 4.75. The summed E-state index contributed by atoms with van der Waals surface area (Å²) in [5, 5.41) is 3.37. The van der Waals surface area contributed by atoms with Crippen LogP contribution in [0.25, 0.3) is 15.7 Å². The lowest BCUT2D eigenvalue weighted by molar-refractivity contribution is -0.137. The Balaban J connectivity index is 1.13. The number of hydrogen-bond acceptors (Lipinski definition) is 5. The number of anilines is 1. The molecule has 1 fully saturated rings. The van der Waals surface area contributed by atoms with Crippen molar-refractivity contribution in [1.29, 1.82) is 0 Å². The van der Waals surface area contributed by atoms with Crippen molar-refractivity contribution >= 4 is 38.7 Å². The summed E-state index contributed by atoms with van der Waals surface area (Å²) < 4.78 is 39.5. The minimum Gasteiger partial charge on any atom is -0.354 e. The van der Waals surface area contributed by atoms with Gasteiger partial charge in [-0.25, -0.2) is 4.98 Å². The Morgan fingerprint density at radius 3 is 2.53 bits per heavy atom. The molecule has 1 saturated heterocycles. The summed E-state index contributed by atoms with van der Waals surface area (Å²) >= 11 is 1.75. The van der Waals surface area contributed by atoms with Gasteiger partial charge in [0.05, 0.1) is 12.1 Å². The molecule has 0 aliphatic carbocycles. The van der Waals surface area contributed by atoms with Crippen molar-refractivity contribution in [2.24, 2.45) is 0 Å². The molecule has 5 rings (SSSR count). The zero-order chi connectivity index (χ0) is 23.7. The van der Waals surface area contributed by atoms with E-state index in [1.807, 2.05) is 9.80 Å². The van der Waals surface area contributed by atoms with Crippen LogP contribution in [0.5, 0.6) is 0 Å². The van der Waals surface area contributed by atoms with Gasteiger partial charge in [-0.05, 0) is 46.5 Å². The number of rotatable bonds is 4. The molecule has 4 heterocycles. The number of pyridine rings is 1. The number of alkyl halides is 3. The third-order valence-electron chi connectivity index (χ3n) is 6.52. The molecular weight excluding hydrogens is 461 g/mol. The minimum atomic E-state index is -4.38. The maximum atomic E-state index is 12.9. The molecular formula is C25H25F3N4OS. The molecule has 0 radical (unpaired) electrons. The topological polar surface area (TPSA) is 39.7 Å². The predicted molar refractivity (Wildman–Crippen MR) is 129 cm³/mol. The first kappa shape index (κ1) is 22.9. The van der Waals surface area contributed by atoms with Gasteiger partial charge in [0.1, 0.15) is 5.82 Å². The average Bonchev–Trinajstić information content (AvgIpc) is 3.33. The molecule has 0 atom stereocenters. The highest BCUT2D eigenvalue weighted by molar-refractivity contribution is 7.17. The van der Waals surface area contributed by atoms with Gasteiger partial charge in [-0.15, -0.1) is 11.3 Å². The van der Waals surface area contributed by atoms with E-state index in [1.54, 1.807) is 11.3 Å². The quantitative estimate of drug-likeness (QED) is 0.534. The van der Waals surface area contributed by atoms with E-state index in [0.29, 0.717) is 51.6 Å². The molecule has 2 aromatic heterocycles. The normalized spacial score (nSPS) is 17.8. The summed E-state index contributed by atoms with van der Waals surface area (Å²) in [7, 11) is 0. The second-order valence-corrected chi connectivity index (χ2v) is 9.55.